The normalized spacial score (nSPS) is 11.3. The molecular formula is C16H18N2. The second kappa shape index (κ2) is 4.34. The lowest BCUT2D eigenvalue weighted by molar-refractivity contribution is 0.617. The Morgan fingerprint density at radius 3 is 2.33 bits per heavy atom. The SMILES string of the molecule is Cc1ccc2cc(N(C)C(C)(C)C#N)ccc2c1. The third-order valence-corrected chi connectivity index (χ3v) is 3.48. The minimum Gasteiger partial charge on any atom is -0.357 e. The van der Waals surface area contributed by atoms with E-state index in [1.54, 1.807) is 0 Å². The monoisotopic (exact) mass is 238 g/mol. The fourth-order valence-electron chi connectivity index (χ4n) is 1.96. The van der Waals surface area contributed by atoms with Crippen molar-refractivity contribution in [2.75, 3.05) is 11.9 Å². The van der Waals surface area contributed by atoms with Crippen molar-refractivity contribution in [2.45, 2.75) is 26.3 Å². The van der Waals surface area contributed by atoms with Crippen molar-refractivity contribution in [1.29, 1.82) is 5.26 Å². The van der Waals surface area contributed by atoms with Gasteiger partial charge in [0, 0.05) is 12.7 Å². The van der Waals surface area contributed by atoms with E-state index < -0.39 is 5.54 Å². The molecule has 0 saturated heterocycles. The first-order valence-corrected chi connectivity index (χ1v) is 6.09. The standard InChI is InChI=1S/C16H18N2/c1-12-5-6-14-10-15(8-7-13(14)9-12)18(4)16(2,3)11-17/h5-10H,1-4H3. The van der Waals surface area contributed by atoms with Crippen LogP contribution in [0.3, 0.4) is 0 Å². The quantitative estimate of drug-likeness (QED) is 0.793. The van der Waals surface area contributed by atoms with Crippen LogP contribution < -0.4 is 4.90 Å². The summed E-state index contributed by atoms with van der Waals surface area (Å²) in [6, 6.07) is 15.1. The van der Waals surface area contributed by atoms with Crippen molar-refractivity contribution in [1.82, 2.24) is 0 Å². The van der Waals surface area contributed by atoms with Crippen LogP contribution in [0, 0.1) is 18.3 Å². The molecule has 0 spiro atoms. The molecule has 0 aliphatic carbocycles. The summed E-state index contributed by atoms with van der Waals surface area (Å²) in [6.45, 7) is 5.94. The summed E-state index contributed by atoms with van der Waals surface area (Å²) >= 11 is 0. The van der Waals surface area contributed by atoms with Crippen LogP contribution in [-0.4, -0.2) is 12.6 Å². The fourth-order valence-corrected chi connectivity index (χ4v) is 1.96. The highest BCUT2D eigenvalue weighted by Crippen LogP contribution is 2.26. The maximum atomic E-state index is 9.18. The molecule has 0 unspecified atom stereocenters. The molecule has 0 atom stereocenters. The van der Waals surface area contributed by atoms with Gasteiger partial charge in [-0.3, -0.25) is 0 Å². The van der Waals surface area contributed by atoms with Crippen LogP contribution in [-0.2, 0) is 0 Å². The highest BCUT2D eigenvalue weighted by molar-refractivity contribution is 5.86. The van der Waals surface area contributed by atoms with Gasteiger partial charge in [0.2, 0.25) is 0 Å². The molecule has 0 N–H and O–H groups in total. The van der Waals surface area contributed by atoms with Crippen LogP contribution in [0.15, 0.2) is 36.4 Å². The van der Waals surface area contributed by atoms with Gasteiger partial charge in [-0.25, -0.2) is 0 Å². The highest BCUT2D eigenvalue weighted by atomic mass is 15.2. The second-order valence-corrected chi connectivity index (χ2v) is 5.26. The van der Waals surface area contributed by atoms with Gasteiger partial charge in [0.25, 0.3) is 0 Å². The zero-order chi connectivity index (χ0) is 13.3. The Morgan fingerprint density at radius 1 is 1.06 bits per heavy atom. The number of nitriles is 1. The lowest BCUT2D eigenvalue weighted by Crippen LogP contribution is -2.39. The summed E-state index contributed by atoms with van der Waals surface area (Å²) in [5.41, 5.74) is 1.83. The molecule has 0 radical (unpaired) electrons. The Balaban J connectivity index is 2.48. The van der Waals surface area contributed by atoms with Gasteiger partial charge in [-0.1, -0.05) is 29.8 Å². The largest absolute Gasteiger partial charge is 0.357 e. The molecule has 0 amide bonds. The van der Waals surface area contributed by atoms with Gasteiger partial charge in [0.1, 0.15) is 5.54 Å². The van der Waals surface area contributed by atoms with E-state index >= 15 is 0 Å². The molecule has 0 aromatic heterocycles. The van der Waals surface area contributed by atoms with Crippen LogP contribution in [0.5, 0.6) is 0 Å². The first kappa shape index (κ1) is 12.4. The number of nitrogens with zero attached hydrogens (tertiary/aromatic N) is 2. The summed E-state index contributed by atoms with van der Waals surface area (Å²) in [4.78, 5) is 2.01. The van der Waals surface area contributed by atoms with Gasteiger partial charge < -0.3 is 4.90 Å². The summed E-state index contributed by atoms with van der Waals surface area (Å²) in [6.07, 6.45) is 0. The molecule has 0 aliphatic rings. The van der Waals surface area contributed by atoms with E-state index in [0.717, 1.165) is 5.69 Å². The molecule has 2 heteroatoms. The van der Waals surface area contributed by atoms with Crippen LogP contribution in [0.25, 0.3) is 10.8 Å². The topological polar surface area (TPSA) is 27.0 Å². The average molecular weight is 238 g/mol. The van der Waals surface area contributed by atoms with Crippen molar-refractivity contribution in [2.24, 2.45) is 0 Å². The highest BCUT2D eigenvalue weighted by Gasteiger charge is 2.23. The number of rotatable bonds is 2. The smallest absolute Gasteiger partial charge is 0.121 e. The lowest BCUT2D eigenvalue weighted by Gasteiger charge is -2.31. The van der Waals surface area contributed by atoms with E-state index in [2.05, 4.69) is 49.4 Å². The van der Waals surface area contributed by atoms with Crippen molar-refractivity contribution in [3.63, 3.8) is 0 Å². The van der Waals surface area contributed by atoms with E-state index in [-0.39, 0.29) is 0 Å². The van der Waals surface area contributed by atoms with Crippen LogP contribution in [0.4, 0.5) is 5.69 Å². The van der Waals surface area contributed by atoms with E-state index in [0.29, 0.717) is 0 Å². The predicted octanol–water partition coefficient (Wildman–Crippen LogP) is 3.89. The first-order valence-electron chi connectivity index (χ1n) is 6.09. The van der Waals surface area contributed by atoms with Crippen molar-refractivity contribution < 1.29 is 0 Å². The number of aryl methyl sites for hydroxylation is 1. The zero-order valence-electron chi connectivity index (χ0n) is 11.4. The molecule has 2 rings (SSSR count). The maximum Gasteiger partial charge on any atom is 0.121 e. The molecule has 2 aromatic carbocycles. The molecular weight excluding hydrogens is 220 g/mol. The van der Waals surface area contributed by atoms with Crippen molar-refractivity contribution in [3.05, 3.63) is 42.0 Å². The van der Waals surface area contributed by atoms with Gasteiger partial charge in [0.05, 0.1) is 6.07 Å². The maximum absolute atomic E-state index is 9.18. The summed E-state index contributed by atoms with van der Waals surface area (Å²) < 4.78 is 0. The molecule has 0 fully saturated rings. The van der Waals surface area contributed by atoms with E-state index in [1.165, 1.54) is 16.3 Å². The zero-order valence-corrected chi connectivity index (χ0v) is 11.4. The number of hydrogen-bond acceptors (Lipinski definition) is 2. The number of fused-ring (bicyclic) bond motifs is 1. The van der Waals surface area contributed by atoms with Gasteiger partial charge in [0.15, 0.2) is 0 Å². The molecule has 0 heterocycles. The van der Waals surface area contributed by atoms with Gasteiger partial charge in [-0.15, -0.1) is 0 Å². The number of hydrogen-bond donors (Lipinski definition) is 0. The van der Waals surface area contributed by atoms with Crippen LogP contribution in [0.1, 0.15) is 19.4 Å². The van der Waals surface area contributed by atoms with Gasteiger partial charge in [-0.2, -0.15) is 5.26 Å². The summed E-state index contributed by atoms with van der Waals surface area (Å²) in [5, 5.41) is 11.6. The molecule has 2 aromatic rings. The fraction of sp³-hybridized carbons (Fsp3) is 0.312. The third kappa shape index (κ3) is 2.17. The molecule has 2 nitrogen and oxygen atoms in total. The average Bonchev–Trinajstić information content (AvgIpc) is 2.37. The lowest BCUT2D eigenvalue weighted by atomic mass is 10.0. The Labute approximate surface area is 108 Å². The van der Waals surface area contributed by atoms with Crippen LogP contribution in [0.2, 0.25) is 0 Å². The van der Waals surface area contributed by atoms with Crippen molar-refractivity contribution in [3.8, 4) is 6.07 Å². The Hall–Kier alpha value is -2.01. The molecule has 0 aliphatic heterocycles. The van der Waals surface area contributed by atoms with Crippen molar-refractivity contribution >= 4 is 16.5 Å². The molecule has 0 saturated carbocycles. The summed E-state index contributed by atoms with van der Waals surface area (Å²) in [5.74, 6) is 0. The van der Waals surface area contributed by atoms with Gasteiger partial charge >= 0.3 is 0 Å². The summed E-state index contributed by atoms with van der Waals surface area (Å²) in [7, 11) is 1.96. The Kier molecular flexibility index (Phi) is 3.00. The number of benzene rings is 2. The minimum atomic E-state index is -0.502. The van der Waals surface area contributed by atoms with E-state index in [9.17, 15) is 5.26 Å². The number of anilines is 1. The van der Waals surface area contributed by atoms with E-state index in [4.69, 9.17) is 0 Å². The first-order chi connectivity index (χ1) is 8.44. The molecule has 18 heavy (non-hydrogen) atoms. The van der Waals surface area contributed by atoms with E-state index in [1.807, 2.05) is 25.8 Å². The molecule has 92 valence electrons. The predicted molar refractivity (Wildman–Crippen MR) is 76.8 cm³/mol. The third-order valence-electron chi connectivity index (χ3n) is 3.48. The Bertz CT molecular complexity index is 621. The molecule has 0 bridgehead atoms. The van der Waals surface area contributed by atoms with Gasteiger partial charge in [-0.05, 0) is 43.7 Å². The van der Waals surface area contributed by atoms with Crippen LogP contribution >= 0.6 is 0 Å². The second-order valence-electron chi connectivity index (χ2n) is 5.26. The minimum absolute atomic E-state index is 0.502. The Morgan fingerprint density at radius 2 is 1.67 bits per heavy atom.